The monoisotopic (exact) mass is 193 g/mol. The summed E-state index contributed by atoms with van der Waals surface area (Å²) in [6.07, 6.45) is 0. The zero-order chi connectivity index (χ0) is 10.9. The summed E-state index contributed by atoms with van der Waals surface area (Å²) in [6, 6.07) is 4.02. The number of pyridine rings is 1. The summed E-state index contributed by atoms with van der Waals surface area (Å²) < 4.78 is 1.87. The van der Waals surface area contributed by atoms with Crippen molar-refractivity contribution in [2.45, 2.75) is 40.7 Å². The Morgan fingerprint density at radius 1 is 1.14 bits per heavy atom. The molecule has 1 aromatic heterocycles. The molecule has 1 aromatic rings. The zero-order valence-electron chi connectivity index (χ0n) is 9.66. The van der Waals surface area contributed by atoms with Gasteiger partial charge in [-0.25, -0.2) is 0 Å². The van der Waals surface area contributed by atoms with E-state index in [1.54, 1.807) is 6.07 Å². The van der Waals surface area contributed by atoms with E-state index in [0.717, 1.165) is 11.3 Å². The molecule has 0 aliphatic carbocycles. The van der Waals surface area contributed by atoms with E-state index in [1.165, 1.54) is 0 Å². The molecule has 0 saturated heterocycles. The Kier molecular flexibility index (Phi) is 3.14. The van der Waals surface area contributed by atoms with E-state index in [0.29, 0.717) is 5.92 Å². The molecule has 0 saturated carbocycles. The summed E-state index contributed by atoms with van der Waals surface area (Å²) in [7, 11) is 0. The molecule has 14 heavy (non-hydrogen) atoms. The van der Waals surface area contributed by atoms with Crippen molar-refractivity contribution in [3.63, 3.8) is 0 Å². The first-order valence-electron chi connectivity index (χ1n) is 5.13. The van der Waals surface area contributed by atoms with Gasteiger partial charge in [-0.2, -0.15) is 0 Å². The Bertz CT molecular complexity index is 376. The number of rotatable bonds is 2. The van der Waals surface area contributed by atoms with Crippen LogP contribution in [0.5, 0.6) is 0 Å². The molecule has 0 amide bonds. The van der Waals surface area contributed by atoms with Gasteiger partial charge in [0.05, 0.1) is 0 Å². The van der Waals surface area contributed by atoms with Gasteiger partial charge >= 0.3 is 0 Å². The van der Waals surface area contributed by atoms with Gasteiger partial charge in [0, 0.05) is 17.8 Å². The smallest absolute Gasteiger partial charge is 0.251 e. The van der Waals surface area contributed by atoms with Crippen LogP contribution < -0.4 is 5.56 Å². The van der Waals surface area contributed by atoms with Crippen molar-refractivity contribution in [3.05, 3.63) is 33.7 Å². The summed E-state index contributed by atoms with van der Waals surface area (Å²) in [5.74, 6) is 0.481. The lowest BCUT2D eigenvalue weighted by Gasteiger charge is -2.21. The highest BCUT2D eigenvalue weighted by atomic mass is 16.1. The maximum absolute atomic E-state index is 11.8. The first-order chi connectivity index (χ1) is 6.43. The van der Waals surface area contributed by atoms with Crippen molar-refractivity contribution >= 4 is 0 Å². The molecule has 0 aromatic carbocycles. The average molecular weight is 193 g/mol. The first-order valence-corrected chi connectivity index (χ1v) is 5.13. The third-order valence-electron chi connectivity index (χ3n) is 2.78. The van der Waals surface area contributed by atoms with Gasteiger partial charge in [0.25, 0.3) is 5.56 Å². The second kappa shape index (κ2) is 3.99. The van der Waals surface area contributed by atoms with Crippen LogP contribution in [0.1, 0.15) is 38.1 Å². The SMILES string of the molecule is Cc1cc(C)n(C(C)C(C)C)c(=O)c1. The van der Waals surface area contributed by atoms with Gasteiger partial charge in [0.15, 0.2) is 0 Å². The minimum Gasteiger partial charge on any atom is -0.310 e. The van der Waals surface area contributed by atoms with E-state index in [-0.39, 0.29) is 11.6 Å². The molecule has 0 radical (unpaired) electrons. The van der Waals surface area contributed by atoms with Gasteiger partial charge in [-0.05, 0) is 38.3 Å². The normalized spacial score (nSPS) is 13.3. The van der Waals surface area contributed by atoms with E-state index in [2.05, 4.69) is 26.8 Å². The number of aromatic nitrogens is 1. The predicted octanol–water partition coefficient (Wildman–Crippen LogP) is 2.68. The fourth-order valence-corrected chi connectivity index (χ4v) is 1.70. The summed E-state index contributed by atoms with van der Waals surface area (Å²) >= 11 is 0. The molecular weight excluding hydrogens is 174 g/mol. The molecule has 1 rings (SSSR count). The van der Waals surface area contributed by atoms with E-state index in [1.807, 2.05) is 18.4 Å². The third kappa shape index (κ3) is 2.06. The second-order valence-corrected chi connectivity index (χ2v) is 4.37. The molecule has 2 heteroatoms. The maximum atomic E-state index is 11.8. The van der Waals surface area contributed by atoms with Gasteiger partial charge in [-0.3, -0.25) is 4.79 Å². The van der Waals surface area contributed by atoms with Crippen LogP contribution in [0, 0.1) is 19.8 Å². The molecule has 0 spiro atoms. The molecule has 0 bridgehead atoms. The highest BCUT2D eigenvalue weighted by molar-refractivity contribution is 5.15. The van der Waals surface area contributed by atoms with Crippen LogP contribution in [-0.2, 0) is 0 Å². The molecule has 1 unspecified atom stereocenters. The molecular formula is C12H19NO. The van der Waals surface area contributed by atoms with Gasteiger partial charge in [0.2, 0.25) is 0 Å². The maximum Gasteiger partial charge on any atom is 0.251 e. The lowest BCUT2D eigenvalue weighted by atomic mass is 10.1. The standard InChI is InChI=1S/C12H19NO/c1-8(2)11(5)13-10(4)6-9(3)7-12(13)14/h6-8,11H,1-5H3. The van der Waals surface area contributed by atoms with Crippen molar-refractivity contribution in [2.24, 2.45) is 5.92 Å². The van der Waals surface area contributed by atoms with Crippen molar-refractivity contribution in [3.8, 4) is 0 Å². The van der Waals surface area contributed by atoms with Gasteiger partial charge < -0.3 is 4.57 Å². The van der Waals surface area contributed by atoms with Gasteiger partial charge in [0.1, 0.15) is 0 Å². The van der Waals surface area contributed by atoms with Crippen LogP contribution in [0.15, 0.2) is 16.9 Å². The Morgan fingerprint density at radius 2 is 1.71 bits per heavy atom. The van der Waals surface area contributed by atoms with Crippen LogP contribution in [0.25, 0.3) is 0 Å². The van der Waals surface area contributed by atoms with Crippen molar-refractivity contribution in [1.29, 1.82) is 0 Å². The van der Waals surface area contributed by atoms with E-state index < -0.39 is 0 Å². The van der Waals surface area contributed by atoms with Crippen LogP contribution in [0.3, 0.4) is 0 Å². The third-order valence-corrected chi connectivity index (χ3v) is 2.78. The van der Waals surface area contributed by atoms with Crippen LogP contribution >= 0.6 is 0 Å². The number of hydrogen-bond donors (Lipinski definition) is 0. The fraction of sp³-hybridized carbons (Fsp3) is 0.583. The van der Waals surface area contributed by atoms with E-state index in [4.69, 9.17) is 0 Å². The summed E-state index contributed by atoms with van der Waals surface area (Å²) in [5.41, 5.74) is 2.21. The topological polar surface area (TPSA) is 22.0 Å². The zero-order valence-corrected chi connectivity index (χ0v) is 9.66. The molecule has 0 aliphatic rings. The van der Waals surface area contributed by atoms with Crippen LogP contribution in [0.4, 0.5) is 0 Å². The van der Waals surface area contributed by atoms with Gasteiger partial charge in [-0.1, -0.05) is 13.8 Å². The number of aryl methyl sites for hydroxylation is 2. The lowest BCUT2D eigenvalue weighted by Crippen LogP contribution is -2.27. The Hall–Kier alpha value is -1.05. The minimum atomic E-state index is 0.115. The number of hydrogen-bond acceptors (Lipinski definition) is 1. The molecule has 0 fully saturated rings. The lowest BCUT2D eigenvalue weighted by molar-refractivity contribution is 0.391. The molecule has 1 heterocycles. The van der Waals surface area contributed by atoms with E-state index >= 15 is 0 Å². The highest BCUT2D eigenvalue weighted by Gasteiger charge is 2.12. The van der Waals surface area contributed by atoms with Crippen LogP contribution in [-0.4, -0.2) is 4.57 Å². The quantitative estimate of drug-likeness (QED) is 0.707. The number of nitrogens with zero attached hydrogens (tertiary/aromatic N) is 1. The first kappa shape index (κ1) is 11.0. The van der Waals surface area contributed by atoms with Crippen molar-refractivity contribution in [1.82, 2.24) is 4.57 Å². The predicted molar refractivity (Wildman–Crippen MR) is 59.7 cm³/mol. The molecule has 0 N–H and O–H groups in total. The largest absolute Gasteiger partial charge is 0.310 e. The Labute approximate surface area is 85.6 Å². The molecule has 1 atom stereocenters. The molecule has 78 valence electrons. The molecule has 0 aliphatic heterocycles. The molecule has 2 nitrogen and oxygen atoms in total. The summed E-state index contributed by atoms with van der Waals surface area (Å²) in [4.78, 5) is 11.8. The minimum absolute atomic E-state index is 0.115. The van der Waals surface area contributed by atoms with Gasteiger partial charge in [-0.15, -0.1) is 0 Å². The van der Waals surface area contributed by atoms with Crippen molar-refractivity contribution < 1.29 is 0 Å². The van der Waals surface area contributed by atoms with Crippen LogP contribution in [0.2, 0.25) is 0 Å². The van der Waals surface area contributed by atoms with Crippen molar-refractivity contribution in [2.75, 3.05) is 0 Å². The summed E-state index contributed by atoms with van der Waals surface area (Å²) in [6.45, 7) is 10.3. The fourth-order valence-electron chi connectivity index (χ4n) is 1.70. The average Bonchev–Trinajstić information content (AvgIpc) is 2.01. The highest BCUT2D eigenvalue weighted by Crippen LogP contribution is 2.16. The van der Waals surface area contributed by atoms with E-state index in [9.17, 15) is 4.79 Å². The Morgan fingerprint density at radius 3 is 2.14 bits per heavy atom. The summed E-state index contributed by atoms with van der Waals surface area (Å²) in [5, 5.41) is 0. The second-order valence-electron chi connectivity index (χ2n) is 4.37. The Balaban J connectivity index is 3.28.